The van der Waals surface area contributed by atoms with Crippen LogP contribution in [-0.2, 0) is 17.9 Å². The molecule has 1 atom stereocenters. The van der Waals surface area contributed by atoms with Crippen LogP contribution in [0.15, 0.2) is 39.6 Å². The average Bonchev–Trinajstić information content (AvgIpc) is 3.11. The molecule has 0 saturated heterocycles. The molecular weight excluding hydrogens is 298 g/mol. The van der Waals surface area contributed by atoms with E-state index in [9.17, 15) is 5.11 Å². The van der Waals surface area contributed by atoms with Crippen molar-refractivity contribution in [3.63, 3.8) is 0 Å². The van der Waals surface area contributed by atoms with Crippen molar-refractivity contribution in [2.24, 2.45) is 5.92 Å². The molecule has 1 N–H and O–H groups in total. The zero-order valence-electron chi connectivity index (χ0n) is 13.3. The highest BCUT2D eigenvalue weighted by molar-refractivity contribution is 7.07. The van der Waals surface area contributed by atoms with Crippen LogP contribution in [0.25, 0.3) is 0 Å². The Morgan fingerprint density at radius 2 is 2.18 bits per heavy atom. The van der Waals surface area contributed by atoms with Crippen LogP contribution in [0.5, 0.6) is 0 Å². The van der Waals surface area contributed by atoms with Gasteiger partial charge in [-0.2, -0.15) is 11.3 Å². The van der Waals surface area contributed by atoms with Crippen molar-refractivity contribution in [2.75, 3.05) is 19.7 Å². The highest BCUT2D eigenvalue weighted by atomic mass is 32.1. The lowest BCUT2D eigenvalue weighted by atomic mass is 10.2. The minimum Gasteiger partial charge on any atom is -0.467 e. The summed E-state index contributed by atoms with van der Waals surface area (Å²) < 4.78 is 10.7. The first-order valence-corrected chi connectivity index (χ1v) is 8.59. The van der Waals surface area contributed by atoms with E-state index in [4.69, 9.17) is 9.15 Å². The Bertz CT molecular complexity index is 496. The van der Waals surface area contributed by atoms with E-state index in [1.807, 2.05) is 12.1 Å². The minimum absolute atomic E-state index is 0.318. The number of rotatable bonds is 10. The molecule has 2 rings (SSSR count). The molecule has 0 saturated carbocycles. The Kier molecular flexibility index (Phi) is 7.12. The topological polar surface area (TPSA) is 45.8 Å². The summed E-state index contributed by atoms with van der Waals surface area (Å²) in [6.45, 7) is 7.56. The van der Waals surface area contributed by atoms with Crippen LogP contribution in [0.1, 0.15) is 25.2 Å². The second kappa shape index (κ2) is 9.10. The van der Waals surface area contributed by atoms with Crippen molar-refractivity contribution < 1.29 is 14.3 Å². The molecule has 0 spiro atoms. The second-order valence-corrected chi connectivity index (χ2v) is 6.75. The van der Waals surface area contributed by atoms with Crippen molar-refractivity contribution in [3.8, 4) is 0 Å². The van der Waals surface area contributed by atoms with E-state index >= 15 is 0 Å². The van der Waals surface area contributed by atoms with Gasteiger partial charge in [-0.25, -0.2) is 0 Å². The van der Waals surface area contributed by atoms with Gasteiger partial charge in [-0.15, -0.1) is 0 Å². The summed E-state index contributed by atoms with van der Waals surface area (Å²) in [7, 11) is 0. The van der Waals surface area contributed by atoms with E-state index in [0.717, 1.165) is 18.8 Å². The first kappa shape index (κ1) is 17.2. The number of hydrogen-bond donors (Lipinski definition) is 1. The first-order chi connectivity index (χ1) is 10.6. The number of aliphatic hydroxyl groups is 1. The van der Waals surface area contributed by atoms with Crippen LogP contribution >= 0.6 is 11.3 Å². The quantitative estimate of drug-likeness (QED) is 0.728. The molecule has 0 fully saturated rings. The average molecular weight is 323 g/mol. The van der Waals surface area contributed by atoms with Crippen molar-refractivity contribution in [1.29, 1.82) is 0 Å². The van der Waals surface area contributed by atoms with Gasteiger partial charge in [0.05, 0.1) is 19.0 Å². The molecule has 5 heteroatoms. The number of aliphatic hydroxyl groups excluding tert-OH is 1. The van der Waals surface area contributed by atoms with Gasteiger partial charge in [0.25, 0.3) is 0 Å². The minimum atomic E-state index is -0.493. The fourth-order valence-corrected chi connectivity index (χ4v) is 3.06. The molecule has 0 aliphatic carbocycles. The van der Waals surface area contributed by atoms with E-state index in [0.29, 0.717) is 25.7 Å². The lowest BCUT2D eigenvalue weighted by Gasteiger charge is -2.26. The van der Waals surface area contributed by atoms with Crippen LogP contribution in [-0.4, -0.2) is 35.8 Å². The summed E-state index contributed by atoms with van der Waals surface area (Å²) in [6.07, 6.45) is 1.13. The third-order valence-corrected chi connectivity index (χ3v) is 3.95. The SMILES string of the molecule is CC(C)CN(Cc1ccsc1)C[C@@H](O)COCc1ccco1. The molecule has 0 bridgehead atoms. The Morgan fingerprint density at radius 3 is 2.82 bits per heavy atom. The highest BCUT2D eigenvalue weighted by Crippen LogP contribution is 2.12. The van der Waals surface area contributed by atoms with Gasteiger partial charge >= 0.3 is 0 Å². The van der Waals surface area contributed by atoms with Gasteiger partial charge in [-0.05, 0) is 40.4 Å². The fraction of sp³-hybridized carbons (Fsp3) is 0.529. The second-order valence-electron chi connectivity index (χ2n) is 5.97. The van der Waals surface area contributed by atoms with Crippen LogP contribution in [0, 0.1) is 5.92 Å². The van der Waals surface area contributed by atoms with Gasteiger partial charge in [0.2, 0.25) is 0 Å². The van der Waals surface area contributed by atoms with E-state index in [1.54, 1.807) is 17.6 Å². The molecule has 0 amide bonds. The van der Waals surface area contributed by atoms with Gasteiger partial charge in [0.15, 0.2) is 0 Å². The number of nitrogens with zero attached hydrogens (tertiary/aromatic N) is 1. The summed E-state index contributed by atoms with van der Waals surface area (Å²) >= 11 is 1.71. The van der Waals surface area contributed by atoms with Crippen molar-refractivity contribution in [1.82, 2.24) is 4.90 Å². The number of ether oxygens (including phenoxy) is 1. The van der Waals surface area contributed by atoms with Gasteiger partial charge in [0.1, 0.15) is 12.4 Å². The van der Waals surface area contributed by atoms with Crippen LogP contribution in [0.4, 0.5) is 0 Å². The summed E-state index contributed by atoms with van der Waals surface area (Å²) in [5.74, 6) is 1.35. The third kappa shape index (κ3) is 6.32. The first-order valence-electron chi connectivity index (χ1n) is 7.65. The zero-order chi connectivity index (χ0) is 15.8. The molecule has 0 aliphatic heterocycles. The predicted molar refractivity (Wildman–Crippen MR) is 88.8 cm³/mol. The molecule has 4 nitrogen and oxygen atoms in total. The smallest absolute Gasteiger partial charge is 0.129 e. The maximum Gasteiger partial charge on any atom is 0.129 e. The maximum atomic E-state index is 10.2. The molecule has 122 valence electrons. The molecule has 0 unspecified atom stereocenters. The normalized spacial score (nSPS) is 13.1. The van der Waals surface area contributed by atoms with Gasteiger partial charge < -0.3 is 14.3 Å². The Morgan fingerprint density at radius 1 is 1.32 bits per heavy atom. The summed E-state index contributed by atoms with van der Waals surface area (Å²) in [5.41, 5.74) is 1.30. The Hall–Kier alpha value is -1.14. The molecule has 22 heavy (non-hydrogen) atoms. The largest absolute Gasteiger partial charge is 0.467 e. The number of hydrogen-bond acceptors (Lipinski definition) is 5. The standard InChI is InChI=1S/C17H25NO3S/c1-14(2)8-18(9-15-5-7-22-13-15)10-16(19)11-20-12-17-4-3-6-21-17/h3-7,13-14,16,19H,8-12H2,1-2H3/t16-/m1/s1. The van der Waals surface area contributed by atoms with Crippen LogP contribution < -0.4 is 0 Å². The number of thiophene rings is 1. The highest BCUT2D eigenvalue weighted by Gasteiger charge is 2.14. The van der Waals surface area contributed by atoms with Gasteiger partial charge in [0, 0.05) is 19.6 Å². The molecule has 2 aromatic heterocycles. The van der Waals surface area contributed by atoms with Crippen LogP contribution in [0.2, 0.25) is 0 Å². The van der Waals surface area contributed by atoms with Gasteiger partial charge in [-0.1, -0.05) is 13.8 Å². The third-order valence-electron chi connectivity index (χ3n) is 3.21. The monoisotopic (exact) mass is 323 g/mol. The van der Waals surface area contributed by atoms with Crippen molar-refractivity contribution >= 4 is 11.3 Å². The molecule has 0 aliphatic rings. The van der Waals surface area contributed by atoms with Crippen molar-refractivity contribution in [2.45, 2.75) is 33.1 Å². The Balaban J connectivity index is 1.75. The number of furan rings is 1. The fourth-order valence-electron chi connectivity index (χ4n) is 2.40. The molecule has 0 aromatic carbocycles. The lowest BCUT2D eigenvalue weighted by molar-refractivity contribution is 0.00226. The maximum absolute atomic E-state index is 10.2. The zero-order valence-corrected chi connectivity index (χ0v) is 14.1. The molecular formula is C17H25NO3S. The summed E-state index contributed by atoms with van der Waals surface area (Å²) in [6, 6.07) is 5.84. The molecule has 2 aromatic rings. The predicted octanol–water partition coefficient (Wildman–Crippen LogP) is 3.38. The molecule has 0 radical (unpaired) electrons. The van der Waals surface area contributed by atoms with Crippen LogP contribution in [0.3, 0.4) is 0 Å². The van der Waals surface area contributed by atoms with Crippen molar-refractivity contribution in [3.05, 3.63) is 46.5 Å². The van der Waals surface area contributed by atoms with E-state index in [2.05, 4.69) is 35.6 Å². The lowest BCUT2D eigenvalue weighted by Crippen LogP contribution is -2.36. The Labute approximate surface area is 136 Å². The summed E-state index contributed by atoms with van der Waals surface area (Å²) in [4.78, 5) is 2.29. The summed E-state index contributed by atoms with van der Waals surface area (Å²) in [5, 5.41) is 14.4. The van der Waals surface area contributed by atoms with Gasteiger partial charge in [-0.3, -0.25) is 4.90 Å². The molecule has 2 heterocycles. The van der Waals surface area contributed by atoms with E-state index in [1.165, 1.54) is 5.56 Å². The van der Waals surface area contributed by atoms with E-state index in [-0.39, 0.29) is 0 Å². The van der Waals surface area contributed by atoms with E-state index < -0.39 is 6.10 Å².